The number of aromatic amines is 1. The van der Waals surface area contributed by atoms with Crippen LogP contribution in [0.4, 0.5) is 0 Å². The number of aryl methyl sites for hydroxylation is 2. The lowest BCUT2D eigenvalue weighted by Gasteiger charge is -2.08. The number of hydrogen-bond donors (Lipinski definition) is 3. The number of aromatic nitrogens is 1. The zero-order valence-electron chi connectivity index (χ0n) is 13.7. The fourth-order valence-electron chi connectivity index (χ4n) is 2.93. The van der Waals surface area contributed by atoms with Gasteiger partial charge in [-0.2, -0.15) is 0 Å². The van der Waals surface area contributed by atoms with Crippen LogP contribution in [0.15, 0.2) is 40.9 Å². The first-order chi connectivity index (χ1) is 12.0. The number of phenols is 1. The van der Waals surface area contributed by atoms with Crippen molar-refractivity contribution < 1.29 is 19.7 Å². The van der Waals surface area contributed by atoms with Crippen molar-refractivity contribution in [1.82, 2.24) is 4.98 Å². The number of benzene rings is 2. The molecule has 5 nitrogen and oxygen atoms in total. The summed E-state index contributed by atoms with van der Waals surface area (Å²) < 4.78 is 6.51. The van der Waals surface area contributed by atoms with Gasteiger partial charge in [0.25, 0.3) is 0 Å². The van der Waals surface area contributed by atoms with Crippen LogP contribution >= 0.6 is 15.9 Å². The third kappa shape index (κ3) is 3.79. The molecule has 25 heavy (non-hydrogen) atoms. The molecule has 2 aromatic carbocycles. The lowest BCUT2D eigenvalue weighted by atomic mass is 10.1. The topological polar surface area (TPSA) is 82.6 Å². The summed E-state index contributed by atoms with van der Waals surface area (Å²) in [5.41, 5.74) is 2.71. The van der Waals surface area contributed by atoms with Gasteiger partial charge in [-0.3, -0.25) is 0 Å². The highest BCUT2D eigenvalue weighted by Crippen LogP contribution is 2.29. The molecular formula is C19H18BrNO4. The molecule has 1 aromatic heterocycles. The van der Waals surface area contributed by atoms with Gasteiger partial charge in [-0.25, -0.2) is 4.79 Å². The van der Waals surface area contributed by atoms with Crippen molar-refractivity contribution in [2.45, 2.75) is 19.8 Å². The van der Waals surface area contributed by atoms with Gasteiger partial charge < -0.3 is 19.9 Å². The van der Waals surface area contributed by atoms with Gasteiger partial charge in [0.15, 0.2) is 0 Å². The van der Waals surface area contributed by atoms with E-state index in [0.29, 0.717) is 25.2 Å². The van der Waals surface area contributed by atoms with Gasteiger partial charge in [0.1, 0.15) is 17.2 Å². The van der Waals surface area contributed by atoms with Gasteiger partial charge in [-0.05, 0) is 65.0 Å². The number of halogens is 1. The van der Waals surface area contributed by atoms with Gasteiger partial charge in [-0.1, -0.05) is 12.1 Å². The highest BCUT2D eigenvalue weighted by atomic mass is 79.9. The Bertz CT molecular complexity index is 912. The maximum Gasteiger partial charge on any atom is 0.352 e. The van der Waals surface area contributed by atoms with Crippen LogP contribution in [0.1, 0.15) is 28.0 Å². The lowest BCUT2D eigenvalue weighted by Crippen LogP contribution is -2.04. The molecule has 0 unspecified atom stereocenters. The number of phenolic OH excluding ortho intramolecular Hbond substituents is 1. The Kier molecular flexibility index (Phi) is 4.99. The molecule has 3 rings (SSSR count). The van der Waals surface area contributed by atoms with Crippen LogP contribution in [0.2, 0.25) is 0 Å². The summed E-state index contributed by atoms with van der Waals surface area (Å²) in [5.74, 6) is -0.190. The highest BCUT2D eigenvalue weighted by molar-refractivity contribution is 9.10. The molecule has 0 fully saturated rings. The molecule has 0 aliphatic carbocycles. The summed E-state index contributed by atoms with van der Waals surface area (Å²) in [5, 5.41) is 19.9. The van der Waals surface area contributed by atoms with E-state index in [4.69, 9.17) is 4.74 Å². The van der Waals surface area contributed by atoms with Crippen LogP contribution < -0.4 is 4.74 Å². The van der Waals surface area contributed by atoms with Crippen LogP contribution in [0, 0.1) is 6.92 Å². The number of hydrogen-bond acceptors (Lipinski definition) is 3. The first-order valence-corrected chi connectivity index (χ1v) is 8.71. The minimum Gasteiger partial charge on any atom is -0.508 e. The number of aromatic carboxylic acids is 1. The van der Waals surface area contributed by atoms with Crippen molar-refractivity contribution in [3.63, 3.8) is 0 Å². The molecule has 0 amide bonds. The number of nitrogens with one attached hydrogen (secondary N) is 1. The van der Waals surface area contributed by atoms with Crippen LogP contribution in [-0.2, 0) is 6.42 Å². The summed E-state index contributed by atoms with van der Waals surface area (Å²) in [6.45, 7) is 2.32. The molecule has 0 radical (unpaired) electrons. The van der Waals surface area contributed by atoms with Gasteiger partial charge in [0.2, 0.25) is 0 Å². The molecule has 3 aromatic rings. The summed E-state index contributed by atoms with van der Waals surface area (Å²) >= 11 is 3.45. The van der Waals surface area contributed by atoms with Crippen LogP contribution in [0.3, 0.4) is 0 Å². The fourth-order valence-corrected chi connectivity index (χ4v) is 3.40. The van der Waals surface area contributed by atoms with E-state index in [1.165, 1.54) is 0 Å². The molecule has 130 valence electrons. The molecular weight excluding hydrogens is 386 g/mol. The first-order valence-electron chi connectivity index (χ1n) is 7.91. The zero-order chi connectivity index (χ0) is 18.0. The van der Waals surface area contributed by atoms with Crippen molar-refractivity contribution in [2.75, 3.05) is 6.61 Å². The number of fused-ring (bicyclic) bond motifs is 1. The minimum atomic E-state index is -0.970. The molecule has 0 spiro atoms. The zero-order valence-corrected chi connectivity index (χ0v) is 15.3. The van der Waals surface area contributed by atoms with Gasteiger partial charge in [-0.15, -0.1) is 0 Å². The van der Waals surface area contributed by atoms with Gasteiger partial charge in [0.05, 0.1) is 12.1 Å². The Hall–Kier alpha value is -2.47. The predicted molar refractivity (Wildman–Crippen MR) is 99.6 cm³/mol. The maximum atomic E-state index is 11.5. The lowest BCUT2D eigenvalue weighted by molar-refractivity contribution is 0.0690. The van der Waals surface area contributed by atoms with Crippen LogP contribution in [0.25, 0.3) is 10.9 Å². The van der Waals surface area contributed by atoms with E-state index in [1.807, 2.05) is 31.2 Å². The average Bonchev–Trinajstić information content (AvgIpc) is 2.91. The highest BCUT2D eigenvalue weighted by Gasteiger charge is 2.17. The Balaban J connectivity index is 1.73. The monoisotopic (exact) mass is 403 g/mol. The largest absolute Gasteiger partial charge is 0.508 e. The molecule has 0 aliphatic heterocycles. The summed E-state index contributed by atoms with van der Waals surface area (Å²) in [6, 6.07) is 10.8. The third-order valence-corrected chi connectivity index (χ3v) is 4.64. The van der Waals surface area contributed by atoms with Crippen LogP contribution in [0.5, 0.6) is 11.5 Å². The van der Waals surface area contributed by atoms with Crippen molar-refractivity contribution in [2.24, 2.45) is 0 Å². The van der Waals surface area contributed by atoms with Crippen molar-refractivity contribution in [3.8, 4) is 11.5 Å². The van der Waals surface area contributed by atoms with Gasteiger partial charge >= 0.3 is 5.97 Å². The molecule has 6 heteroatoms. The second kappa shape index (κ2) is 7.19. The molecule has 0 saturated heterocycles. The quantitative estimate of drug-likeness (QED) is 0.522. The first kappa shape index (κ1) is 17.4. The maximum absolute atomic E-state index is 11.5. The third-order valence-electron chi connectivity index (χ3n) is 3.98. The SMILES string of the molecule is Cc1cc(O)cc(OCCCc2c(C(=O)O)[nH]c3c(Br)cccc23)c1. The Labute approximate surface area is 153 Å². The minimum absolute atomic E-state index is 0.171. The van der Waals surface area contributed by atoms with Crippen molar-refractivity contribution >= 4 is 32.8 Å². The summed E-state index contributed by atoms with van der Waals surface area (Å²) in [6.07, 6.45) is 1.24. The van der Waals surface area contributed by atoms with E-state index in [1.54, 1.807) is 12.1 Å². The number of ether oxygens (including phenoxy) is 1. The standard InChI is InChI=1S/C19H18BrNO4/c1-11-8-12(22)10-13(9-11)25-7-3-5-15-14-4-2-6-16(20)17(14)21-18(15)19(23)24/h2,4,6,8-10,21-22H,3,5,7H2,1H3,(H,23,24). The van der Waals surface area contributed by atoms with E-state index < -0.39 is 5.97 Å². The number of rotatable bonds is 6. The second-order valence-corrected chi connectivity index (χ2v) is 6.76. The van der Waals surface area contributed by atoms with Crippen LogP contribution in [-0.4, -0.2) is 27.8 Å². The molecule has 0 aliphatic rings. The normalized spacial score (nSPS) is 11.0. The number of carboxylic acid groups (broad SMARTS) is 1. The number of carbonyl (C=O) groups is 1. The number of carboxylic acids is 1. The molecule has 0 atom stereocenters. The molecule has 0 saturated carbocycles. The van der Waals surface area contributed by atoms with E-state index in [-0.39, 0.29) is 11.4 Å². The number of aromatic hydroxyl groups is 1. The Morgan fingerprint density at radius 3 is 2.80 bits per heavy atom. The smallest absolute Gasteiger partial charge is 0.352 e. The summed E-state index contributed by atoms with van der Waals surface area (Å²) in [4.78, 5) is 14.5. The Morgan fingerprint density at radius 1 is 1.28 bits per heavy atom. The molecule has 0 bridgehead atoms. The number of para-hydroxylation sites is 1. The fraction of sp³-hybridized carbons (Fsp3) is 0.211. The predicted octanol–water partition coefficient (Wildman–Crippen LogP) is 4.65. The average molecular weight is 404 g/mol. The van der Waals surface area contributed by atoms with Gasteiger partial charge in [0, 0.05) is 15.9 Å². The van der Waals surface area contributed by atoms with E-state index in [2.05, 4.69) is 20.9 Å². The number of H-pyrrole nitrogens is 1. The van der Waals surface area contributed by atoms with E-state index in [0.717, 1.165) is 26.5 Å². The molecule has 1 heterocycles. The van der Waals surface area contributed by atoms with Crippen molar-refractivity contribution in [1.29, 1.82) is 0 Å². The van der Waals surface area contributed by atoms with E-state index in [9.17, 15) is 15.0 Å². The summed E-state index contributed by atoms with van der Waals surface area (Å²) in [7, 11) is 0. The van der Waals surface area contributed by atoms with Crippen molar-refractivity contribution in [3.05, 3.63) is 57.7 Å². The van der Waals surface area contributed by atoms with E-state index >= 15 is 0 Å². The second-order valence-electron chi connectivity index (χ2n) is 5.90. The Morgan fingerprint density at radius 2 is 2.08 bits per heavy atom. The molecule has 3 N–H and O–H groups in total.